The van der Waals surface area contributed by atoms with E-state index in [-0.39, 0.29) is 5.82 Å². The third kappa shape index (κ3) is 4.57. The van der Waals surface area contributed by atoms with Crippen LogP contribution >= 0.6 is 11.6 Å². The Bertz CT molecular complexity index is 939. The molecule has 0 amide bonds. The zero-order chi connectivity index (χ0) is 19.2. The van der Waals surface area contributed by atoms with Gasteiger partial charge in [0, 0.05) is 30.4 Å². The summed E-state index contributed by atoms with van der Waals surface area (Å²) in [5, 5.41) is 6.59. The van der Waals surface area contributed by atoms with Crippen molar-refractivity contribution in [2.75, 3.05) is 24.9 Å². The van der Waals surface area contributed by atoms with Crippen molar-refractivity contribution in [2.45, 2.75) is 6.54 Å². The fourth-order valence-corrected chi connectivity index (χ4v) is 2.65. The molecule has 0 unspecified atom stereocenters. The molecule has 0 aliphatic carbocycles. The number of aromatic nitrogens is 2. The van der Waals surface area contributed by atoms with Gasteiger partial charge in [-0.05, 0) is 12.1 Å². The molecule has 2 aromatic carbocycles. The van der Waals surface area contributed by atoms with E-state index in [1.807, 2.05) is 0 Å². The predicted octanol–water partition coefficient (Wildman–Crippen LogP) is 4.64. The standard InChI is InChI=1S/C19H18ClFN4O2/c1-26-16-10-15(17(27-2)9-13(16)20)24-19-22-8-7-18(25-19)23-11-12-5-3-4-6-14(12)21/h3-10H,11H2,1-2H3,(H2,22,23,24,25). The molecular formula is C19H18ClFN4O2. The first-order valence-electron chi connectivity index (χ1n) is 8.09. The van der Waals surface area contributed by atoms with Crippen molar-refractivity contribution in [2.24, 2.45) is 0 Å². The van der Waals surface area contributed by atoms with Crippen LogP contribution in [0, 0.1) is 5.82 Å². The molecule has 140 valence electrons. The van der Waals surface area contributed by atoms with Gasteiger partial charge in [0.25, 0.3) is 0 Å². The number of methoxy groups -OCH3 is 2. The average molecular weight is 389 g/mol. The first-order valence-corrected chi connectivity index (χ1v) is 8.47. The van der Waals surface area contributed by atoms with Crippen LogP contribution < -0.4 is 20.1 Å². The molecule has 2 N–H and O–H groups in total. The molecule has 0 spiro atoms. The third-order valence-electron chi connectivity index (χ3n) is 3.79. The lowest BCUT2D eigenvalue weighted by Crippen LogP contribution is -2.06. The highest BCUT2D eigenvalue weighted by molar-refractivity contribution is 6.32. The van der Waals surface area contributed by atoms with Crippen LogP contribution in [0.15, 0.2) is 48.7 Å². The fourth-order valence-electron chi connectivity index (χ4n) is 2.42. The van der Waals surface area contributed by atoms with Gasteiger partial charge in [0.15, 0.2) is 0 Å². The lowest BCUT2D eigenvalue weighted by molar-refractivity contribution is 0.405. The highest BCUT2D eigenvalue weighted by atomic mass is 35.5. The van der Waals surface area contributed by atoms with Crippen LogP contribution in [-0.2, 0) is 6.54 Å². The molecule has 0 aliphatic heterocycles. The molecule has 0 fully saturated rings. The smallest absolute Gasteiger partial charge is 0.229 e. The highest BCUT2D eigenvalue weighted by Gasteiger charge is 2.11. The molecule has 1 aromatic heterocycles. The summed E-state index contributed by atoms with van der Waals surface area (Å²) in [6, 6.07) is 11.6. The molecule has 0 radical (unpaired) electrons. The molecule has 0 bridgehead atoms. The zero-order valence-electron chi connectivity index (χ0n) is 14.8. The minimum absolute atomic E-state index is 0.268. The summed E-state index contributed by atoms with van der Waals surface area (Å²) in [4.78, 5) is 8.58. The fraction of sp³-hybridized carbons (Fsp3) is 0.158. The van der Waals surface area contributed by atoms with Crippen LogP contribution in [0.1, 0.15) is 5.56 Å². The van der Waals surface area contributed by atoms with E-state index in [2.05, 4.69) is 20.6 Å². The number of anilines is 3. The van der Waals surface area contributed by atoms with E-state index in [1.165, 1.54) is 20.3 Å². The Hall–Kier alpha value is -3.06. The SMILES string of the molecule is COc1cc(Nc2nccc(NCc3ccccc3F)n2)c(OC)cc1Cl. The highest BCUT2D eigenvalue weighted by Crippen LogP contribution is 2.36. The largest absolute Gasteiger partial charge is 0.495 e. The van der Waals surface area contributed by atoms with Crippen LogP contribution in [0.5, 0.6) is 11.5 Å². The van der Waals surface area contributed by atoms with E-state index in [1.54, 1.807) is 42.6 Å². The molecule has 8 heteroatoms. The summed E-state index contributed by atoms with van der Waals surface area (Å²) in [6.07, 6.45) is 1.60. The van der Waals surface area contributed by atoms with Crippen molar-refractivity contribution in [3.63, 3.8) is 0 Å². The van der Waals surface area contributed by atoms with Crippen LogP contribution in [-0.4, -0.2) is 24.2 Å². The summed E-state index contributed by atoms with van der Waals surface area (Å²) >= 11 is 6.12. The summed E-state index contributed by atoms with van der Waals surface area (Å²) in [5.41, 5.74) is 1.15. The van der Waals surface area contributed by atoms with Crippen LogP contribution in [0.2, 0.25) is 5.02 Å². The van der Waals surface area contributed by atoms with E-state index in [4.69, 9.17) is 21.1 Å². The summed E-state index contributed by atoms with van der Waals surface area (Å²) < 4.78 is 24.3. The van der Waals surface area contributed by atoms with E-state index < -0.39 is 0 Å². The number of ether oxygens (including phenoxy) is 2. The number of hydrogen-bond donors (Lipinski definition) is 2. The minimum Gasteiger partial charge on any atom is -0.495 e. The van der Waals surface area contributed by atoms with Gasteiger partial charge < -0.3 is 20.1 Å². The number of rotatable bonds is 7. The normalized spacial score (nSPS) is 10.4. The van der Waals surface area contributed by atoms with Crippen molar-refractivity contribution in [3.05, 3.63) is 65.1 Å². The summed E-state index contributed by atoms with van der Waals surface area (Å²) in [6.45, 7) is 0.307. The molecule has 0 saturated heterocycles. The number of nitrogens with one attached hydrogen (secondary N) is 2. The number of nitrogens with zero attached hydrogens (tertiary/aromatic N) is 2. The molecular weight excluding hydrogens is 371 g/mol. The van der Waals surface area contributed by atoms with Crippen molar-refractivity contribution >= 4 is 29.1 Å². The molecule has 3 aromatic rings. The van der Waals surface area contributed by atoms with Crippen LogP contribution in [0.4, 0.5) is 21.8 Å². The van der Waals surface area contributed by atoms with Gasteiger partial charge >= 0.3 is 0 Å². The van der Waals surface area contributed by atoms with Crippen LogP contribution in [0.25, 0.3) is 0 Å². The van der Waals surface area contributed by atoms with E-state index >= 15 is 0 Å². The van der Waals surface area contributed by atoms with Gasteiger partial charge in [-0.15, -0.1) is 0 Å². The second-order valence-electron chi connectivity index (χ2n) is 5.52. The third-order valence-corrected chi connectivity index (χ3v) is 4.09. The first-order chi connectivity index (χ1) is 13.1. The Kier molecular flexibility index (Phi) is 5.93. The molecule has 6 nitrogen and oxygen atoms in total. The maximum absolute atomic E-state index is 13.7. The summed E-state index contributed by atoms with van der Waals surface area (Å²) in [5.74, 6) is 1.64. The Morgan fingerprint density at radius 2 is 1.85 bits per heavy atom. The average Bonchev–Trinajstić information content (AvgIpc) is 2.68. The van der Waals surface area contributed by atoms with Gasteiger partial charge in [-0.1, -0.05) is 29.8 Å². The zero-order valence-corrected chi connectivity index (χ0v) is 15.5. The van der Waals surface area contributed by atoms with E-state index in [0.717, 1.165) is 0 Å². The minimum atomic E-state index is -0.268. The first kappa shape index (κ1) is 18.7. The molecule has 27 heavy (non-hydrogen) atoms. The molecule has 3 rings (SSSR count). The van der Waals surface area contributed by atoms with Crippen molar-refractivity contribution < 1.29 is 13.9 Å². The maximum Gasteiger partial charge on any atom is 0.229 e. The number of halogens is 2. The van der Waals surface area contributed by atoms with Gasteiger partial charge in [0.1, 0.15) is 23.1 Å². The molecule has 0 saturated carbocycles. The maximum atomic E-state index is 13.7. The van der Waals surface area contributed by atoms with Gasteiger partial charge in [-0.2, -0.15) is 4.98 Å². The van der Waals surface area contributed by atoms with Gasteiger partial charge in [0.2, 0.25) is 5.95 Å². The van der Waals surface area contributed by atoms with Gasteiger partial charge in [-0.25, -0.2) is 9.37 Å². The summed E-state index contributed by atoms with van der Waals surface area (Å²) in [7, 11) is 3.07. The van der Waals surface area contributed by atoms with Crippen molar-refractivity contribution in [3.8, 4) is 11.5 Å². The van der Waals surface area contributed by atoms with E-state index in [9.17, 15) is 4.39 Å². The Labute approximate surface area is 161 Å². The molecule has 1 heterocycles. The van der Waals surface area contributed by atoms with Crippen LogP contribution in [0.3, 0.4) is 0 Å². The van der Waals surface area contributed by atoms with Gasteiger partial charge in [-0.3, -0.25) is 0 Å². The number of benzene rings is 2. The van der Waals surface area contributed by atoms with Crippen molar-refractivity contribution in [1.29, 1.82) is 0 Å². The lowest BCUT2D eigenvalue weighted by Gasteiger charge is -2.13. The topological polar surface area (TPSA) is 68.3 Å². The van der Waals surface area contributed by atoms with Gasteiger partial charge in [0.05, 0.1) is 24.9 Å². The Balaban J connectivity index is 1.77. The predicted molar refractivity (Wildman–Crippen MR) is 104 cm³/mol. The lowest BCUT2D eigenvalue weighted by atomic mass is 10.2. The van der Waals surface area contributed by atoms with E-state index in [0.29, 0.717) is 46.1 Å². The molecule has 0 aliphatic rings. The Morgan fingerprint density at radius 1 is 1.07 bits per heavy atom. The monoisotopic (exact) mass is 388 g/mol. The van der Waals surface area contributed by atoms with Crippen molar-refractivity contribution in [1.82, 2.24) is 9.97 Å². The Morgan fingerprint density at radius 3 is 2.59 bits per heavy atom. The second-order valence-corrected chi connectivity index (χ2v) is 5.93. The molecule has 0 atom stereocenters. The second kappa shape index (κ2) is 8.55. The number of hydrogen-bond acceptors (Lipinski definition) is 6. The quantitative estimate of drug-likeness (QED) is 0.614.